The summed E-state index contributed by atoms with van der Waals surface area (Å²) in [4.78, 5) is 11.4. The molecule has 8 heteroatoms. The van der Waals surface area contributed by atoms with Crippen LogP contribution in [0.3, 0.4) is 0 Å². The summed E-state index contributed by atoms with van der Waals surface area (Å²) in [7, 11) is 0. The Hall–Kier alpha value is -1.83. The van der Waals surface area contributed by atoms with E-state index in [0.29, 0.717) is 18.2 Å². The molecule has 124 valence electrons. The van der Waals surface area contributed by atoms with Crippen molar-refractivity contribution in [1.82, 2.24) is 5.32 Å². The van der Waals surface area contributed by atoms with Gasteiger partial charge in [-0.2, -0.15) is 13.2 Å². The van der Waals surface area contributed by atoms with Crippen LogP contribution in [0.1, 0.15) is 37.9 Å². The molecule has 3 N–H and O–H groups in total. The molecule has 1 rings (SSSR count). The molecule has 0 fully saturated rings. The first-order valence-electron chi connectivity index (χ1n) is 6.49. The van der Waals surface area contributed by atoms with E-state index in [1.807, 2.05) is 0 Å². The number of ether oxygens (including phenoxy) is 1. The highest BCUT2D eigenvalue weighted by Crippen LogP contribution is 2.31. The number of amides is 1. The molecule has 1 amide bonds. The Morgan fingerprint density at radius 3 is 2.41 bits per heavy atom. The van der Waals surface area contributed by atoms with E-state index >= 15 is 0 Å². The van der Waals surface area contributed by atoms with Crippen molar-refractivity contribution in [2.75, 3.05) is 6.54 Å². The van der Waals surface area contributed by atoms with E-state index in [1.165, 1.54) is 0 Å². The third-order valence-electron chi connectivity index (χ3n) is 2.59. The third kappa shape index (κ3) is 5.51. The first-order valence-corrected chi connectivity index (χ1v) is 6.49. The largest absolute Gasteiger partial charge is 0.444 e. The van der Waals surface area contributed by atoms with Crippen LogP contribution in [-0.4, -0.2) is 18.2 Å². The van der Waals surface area contributed by atoms with E-state index in [-0.39, 0.29) is 12.1 Å². The van der Waals surface area contributed by atoms with Crippen molar-refractivity contribution in [3.63, 3.8) is 0 Å². The van der Waals surface area contributed by atoms with Gasteiger partial charge in [-0.3, -0.25) is 0 Å². The Labute approximate surface area is 125 Å². The number of carbonyl (C=O) groups is 1. The van der Waals surface area contributed by atoms with Crippen molar-refractivity contribution in [2.45, 2.75) is 38.6 Å². The zero-order chi connectivity index (χ0) is 17.1. The average Bonchev–Trinajstić information content (AvgIpc) is 2.33. The normalized spacial score (nSPS) is 13.6. The van der Waals surface area contributed by atoms with Gasteiger partial charge in [0.1, 0.15) is 11.4 Å². The van der Waals surface area contributed by atoms with Crippen LogP contribution < -0.4 is 11.1 Å². The monoisotopic (exact) mass is 322 g/mol. The highest BCUT2D eigenvalue weighted by molar-refractivity contribution is 5.67. The van der Waals surface area contributed by atoms with Crippen molar-refractivity contribution in [1.29, 1.82) is 0 Å². The lowest BCUT2D eigenvalue weighted by Gasteiger charge is -2.21. The van der Waals surface area contributed by atoms with Gasteiger partial charge >= 0.3 is 12.3 Å². The first-order chi connectivity index (χ1) is 9.90. The van der Waals surface area contributed by atoms with Crippen molar-refractivity contribution in [3.8, 4) is 0 Å². The van der Waals surface area contributed by atoms with Crippen molar-refractivity contribution in [3.05, 3.63) is 35.1 Å². The fourth-order valence-corrected chi connectivity index (χ4v) is 1.62. The van der Waals surface area contributed by atoms with Crippen LogP contribution in [0.25, 0.3) is 0 Å². The van der Waals surface area contributed by atoms with Crippen LogP contribution in [0.15, 0.2) is 18.2 Å². The number of nitrogens with one attached hydrogen (secondary N) is 1. The van der Waals surface area contributed by atoms with Gasteiger partial charge in [-0.25, -0.2) is 9.18 Å². The van der Waals surface area contributed by atoms with Crippen LogP contribution in [-0.2, 0) is 10.9 Å². The van der Waals surface area contributed by atoms with Crippen molar-refractivity contribution < 1.29 is 27.1 Å². The highest BCUT2D eigenvalue weighted by Gasteiger charge is 2.31. The predicted octanol–water partition coefficient (Wildman–Crippen LogP) is 3.37. The summed E-state index contributed by atoms with van der Waals surface area (Å²) in [6.45, 7) is 4.70. The predicted molar refractivity (Wildman–Crippen MR) is 72.6 cm³/mol. The Balaban J connectivity index is 2.77. The Morgan fingerprint density at radius 2 is 1.91 bits per heavy atom. The van der Waals surface area contributed by atoms with Crippen LogP contribution >= 0.6 is 0 Å². The smallest absolute Gasteiger partial charge is 0.416 e. The van der Waals surface area contributed by atoms with Gasteiger partial charge in [0.05, 0.1) is 11.6 Å². The van der Waals surface area contributed by atoms with Gasteiger partial charge in [0.15, 0.2) is 0 Å². The molecule has 0 heterocycles. The SMILES string of the molecule is CC(C)(C)OC(=O)NCC(N)c1cc(C(F)(F)F)ccc1F. The van der Waals surface area contributed by atoms with Gasteiger partial charge in [0.25, 0.3) is 0 Å². The maximum absolute atomic E-state index is 13.6. The molecule has 1 aromatic rings. The van der Waals surface area contributed by atoms with Crippen molar-refractivity contribution >= 4 is 6.09 Å². The molecule has 0 saturated carbocycles. The Bertz CT molecular complexity index is 539. The number of alkyl halides is 3. The van der Waals surface area contributed by atoms with Crippen LogP contribution in [0.5, 0.6) is 0 Å². The molecule has 0 aliphatic carbocycles. The Kier molecular flexibility index (Phi) is 5.39. The molecule has 0 bridgehead atoms. The molecule has 0 aliphatic rings. The molecule has 0 saturated heterocycles. The fraction of sp³-hybridized carbons (Fsp3) is 0.500. The number of hydrogen-bond acceptors (Lipinski definition) is 3. The van der Waals surface area contributed by atoms with E-state index < -0.39 is 35.3 Å². The lowest BCUT2D eigenvalue weighted by atomic mass is 10.0. The number of rotatable bonds is 3. The lowest BCUT2D eigenvalue weighted by Crippen LogP contribution is -2.36. The van der Waals surface area contributed by atoms with Crippen molar-refractivity contribution in [2.24, 2.45) is 5.73 Å². The quantitative estimate of drug-likeness (QED) is 0.839. The number of hydrogen-bond donors (Lipinski definition) is 2. The zero-order valence-electron chi connectivity index (χ0n) is 12.4. The van der Waals surface area contributed by atoms with E-state index in [1.54, 1.807) is 20.8 Å². The average molecular weight is 322 g/mol. The molecule has 0 aliphatic heterocycles. The molecule has 0 radical (unpaired) electrons. The molecule has 0 spiro atoms. The van der Waals surface area contributed by atoms with Gasteiger partial charge < -0.3 is 15.8 Å². The maximum atomic E-state index is 13.6. The fourth-order valence-electron chi connectivity index (χ4n) is 1.62. The molecule has 1 atom stereocenters. The van der Waals surface area contributed by atoms with E-state index in [2.05, 4.69) is 5.32 Å². The minimum absolute atomic E-state index is 0.257. The first kappa shape index (κ1) is 18.2. The van der Waals surface area contributed by atoms with Crippen LogP contribution in [0, 0.1) is 5.82 Å². The minimum atomic E-state index is -4.60. The second-order valence-electron chi connectivity index (χ2n) is 5.72. The summed E-state index contributed by atoms with van der Waals surface area (Å²) in [6, 6.07) is 0.838. The molecule has 22 heavy (non-hydrogen) atoms. The van der Waals surface area contributed by atoms with Crippen LogP contribution in [0.4, 0.5) is 22.4 Å². The second-order valence-corrected chi connectivity index (χ2v) is 5.72. The summed E-state index contributed by atoms with van der Waals surface area (Å²) in [5.74, 6) is -0.869. The summed E-state index contributed by atoms with van der Waals surface area (Å²) in [5, 5.41) is 2.29. The number of halogens is 4. The summed E-state index contributed by atoms with van der Waals surface area (Å²) in [6.07, 6.45) is -5.38. The molecule has 1 unspecified atom stereocenters. The number of benzene rings is 1. The number of nitrogens with two attached hydrogens (primary N) is 1. The molecule has 1 aromatic carbocycles. The number of carbonyl (C=O) groups excluding carboxylic acids is 1. The van der Waals surface area contributed by atoms with E-state index in [9.17, 15) is 22.4 Å². The second kappa shape index (κ2) is 6.51. The van der Waals surface area contributed by atoms with Gasteiger partial charge in [-0.1, -0.05) is 0 Å². The summed E-state index contributed by atoms with van der Waals surface area (Å²) >= 11 is 0. The molecular weight excluding hydrogens is 304 g/mol. The minimum Gasteiger partial charge on any atom is -0.444 e. The zero-order valence-corrected chi connectivity index (χ0v) is 12.4. The lowest BCUT2D eigenvalue weighted by molar-refractivity contribution is -0.137. The van der Waals surface area contributed by atoms with Crippen LogP contribution in [0.2, 0.25) is 0 Å². The number of alkyl carbamates (subject to hydrolysis) is 1. The maximum Gasteiger partial charge on any atom is 0.416 e. The van der Waals surface area contributed by atoms with E-state index in [0.717, 1.165) is 0 Å². The topological polar surface area (TPSA) is 64.3 Å². The van der Waals surface area contributed by atoms with Gasteiger partial charge in [-0.15, -0.1) is 0 Å². The molecular formula is C14H18F4N2O2. The molecule has 0 aromatic heterocycles. The summed E-state index contributed by atoms with van der Waals surface area (Å²) in [5.41, 5.74) is 3.58. The molecule has 4 nitrogen and oxygen atoms in total. The van der Waals surface area contributed by atoms with Gasteiger partial charge in [0, 0.05) is 12.1 Å². The standard InChI is InChI=1S/C14H18F4N2O2/c1-13(2,3)22-12(21)20-7-11(19)9-6-8(14(16,17)18)4-5-10(9)15/h4-6,11H,7,19H2,1-3H3,(H,20,21). The highest BCUT2D eigenvalue weighted by atomic mass is 19.4. The Morgan fingerprint density at radius 1 is 1.32 bits per heavy atom. The summed E-state index contributed by atoms with van der Waals surface area (Å²) < 4.78 is 56.4. The van der Waals surface area contributed by atoms with Gasteiger partial charge in [0.2, 0.25) is 0 Å². The van der Waals surface area contributed by atoms with Gasteiger partial charge in [-0.05, 0) is 39.0 Å². The third-order valence-corrected chi connectivity index (χ3v) is 2.59. The van der Waals surface area contributed by atoms with E-state index in [4.69, 9.17) is 10.5 Å².